The molecule has 0 aliphatic heterocycles. The first-order chi connectivity index (χ1) is 12.4. The third kappa shape index (κ3) is 5.83. The average molecular weight is 414 g/mol. The number of nitrogens with one attached hydrogen (secondary N) is 1. The molecule has 2 aromatic rings. The van der Waals surface area contributed by atoms with Crippen LogP contribution < -0.4 is 10.1 Å². The molecule has 1 amide bonds. The van der Waals surface area contributed by atoms with Crippen molar-refractivity contribution < 1.29 is 19.1 Å². The molecule has 5 nitrogen and oxygen atoms in total. The molecule has 0 radical (unpaired) electrons. The Morgan fingerprint density at radius 3 is 2.31 bits per heavy atom. The fourth-order valence-corrected chi connectivity index (χ4v) is 3.11. The number of benzene rings is 2. The molecule has 0 bridgehead atoms. The Morgan fingerprint density at radius 2 is 1.73 bits per heavy atom. The second kappa shape index (κ2) is 9.71. The molecule has 26 heavy (non-hydrogen) atoms. The van der Waals surface area contributed by atoms with Gasteiger partial charge in [0, 0.05) is 4.90 Å². The predicted octanol–water partition coefficient (Wildman–Crippen LogP) is 4.66. The summed E-state index contributed by atoms with van der Waals surface area (Å²) in [6.45, 7) is 1.48. The van der Waals surface area contributed by atoms with Gasteiger partial charge in [-0.05, 0) is 43.3 Å². The molecule has 2 aromatic carbocycles. The van der Waals surface area contributed by atoms with Crippen LogP contribution in [0.1, 0.15) is 6.92 Å². The lowest BCUT2D eigenvalue weighted by Crippen LogP contribution is -2.30. The first-order valence-electron chi connectivity index (χ1n) is 7.62. The van der Waals surface area contributed by atoms with Crippen LogP contribution in [0, 0.1) is 0 Å². The second-order valence-electron chi connectivity index (χ2n) is 5.18. The zero-order valence-corrected chi connectivity index (χ0v) is 16.5. The molecule has 1 N–H and O–H groups in total. The third-order valence-electron chi connectivity index (χ3n) is 3.30. The Labute approximate surface area is 166 Å². The molecule has 1 atom stereocenters. The van der Waals surface area contributed by atoms with Crippen LogP contribution in [0.4, 0.5) is 5.69 Å². The molecule has 0 heterocycles. The summed E-state index contributed by atoms with van der Waals surface area (Å²) in [5.74, 6) is -0.196. The van der Waals surface area contributed by atoms with Gasteiger partial charge >= 0.3 is 5.97 Å². The van der Waals surface area contributed by atoms with Crippen molar-refractivity contribution >= 4 is 52.5 Å². The zero-order valence-electron chi connectivity index (χ0n) is 14.1. The zero-order chi connectivity index (χ0) is 19.1. The lowest BCUT2D eigenvalue weighted by molar-refractivity contribution is -0.150. The van der Waals surface area contributed by atoms with Crippen LogP contribution in [0.5, 0.6) is 5.75 Å². The molecule has 0 unspecified atom stereocenters. The average Bonchev–Trinajstić information content (AvgIpc) is 2.63. The molecule has 138 valence electrons. The van der Waals surface area contributed by atoms with E-state index in [0.29, 0.717) is 10.0 Å². The number of esters is 1. The van der Waals surface area contributed by atoms with Crippen LogP contribution in [0.2, 0.25) is 10.0 Å². The van der Waals surface area contributed by atoms with Gasteiger partial charge in [-0.25, -0.2) is 0 Å². The lowest BCUT2D eigenvalue weighted by atomic mass is 10.3. The smallest absolute Gasteiger partial charge is 0.317 e. The summed E-state index contributed by atoms with van der Waals surface area (Å²) in [6, 6.07) is 12.2. The molecular formula is C18H17Cl2NO4S. The van der Waals surface area contributed by atoms with Crippen molar-refractivity contribution in [2.45, 2.75) is 17.9 Å². The van der Waals surface area contributed by atoms with Crippen molar-refractivity contribution in [3.8, 4) is 5.75 Å². The number of rotatable bonds is 7. The van der Waals surface area contributed by atoms with Crippen molar-refractivity contribution in [3.05, 3.63) is 52.5 Å². The summed E-state index contributed by atoms with van der Waals surface area (Å²) in [5.41, 5.74) is 0.288. The van der Waals surface area contributed by atoms with Gasteiger partial charge in [0.1, 0.15) is 5.75 Å². The highest BCUT2D eigenvalue weighted by Gasteiger charge is 2.20. The van der Waals surface area contributed by atoms with E-state index >= 15 is 0 Å². The number of carbonyl (C=O) groups is 2. The standard InChI is InChI=1S/C18H17Cl2NO4S/c1-11(18(23)21-17-14(19)4-3-5-15(17)20)25-16(22)10-26-13-8-6-12(24-2)7-9-13/h3-9,11H,10H2,1-2H3,(H,21,23)/t11-/m0/s1. The number of anilines is 1. The van der Waals surface area contributed by atoms with Crippen LogP contribution in [-0.2, 0) is 14.3 Å². The number of ether oxygens (including phenoxy) is 2. The first-order valence-corrected chi connectivity index (χ1v) is 9.36. The maximum Gasteiger partial charge on any atom is 0.317 e. The Hall–Kier alpha value is -1.89. The molecule has 0 fully saturated rings. The number of hydrogen-bond acceptors (Lipinski definition) is 5. The molecule has 0 spiro atoms. The van der Waals surface area contributed by atoms with Gasteiger partial charge in [0.25, 0.3) is 5.91 Å². The Morgan fingerprint density at radius 1 is 1.12 bits per heavy atom. The van der Waals surface area contributed by atoms with Crippen molar-refractivity contribution in [3.63, 3.8) is 0 Å². The van der Waals surface area contributed by atoms with E-state index in [9.17, 15) is 9.59 Å². The van der Waals surface area contributed by atoms with Crippen LogP contribution in [0.15, 0.2) is 47.4 Å². The predicted molar refractivity (Wildman–Crippen MR) is 104 cm³/mol. The van der Waals surface area contributed by atoms with Crippen molar-refractivity contribution in [2.75, 3.05) is 18.2 Å². The number of carbonyl (C=O) groups excluding carboxylic acids is 2. The number of thioether (sulfide) groups is 1. The molecule has 0 aromatic heterocycles. The fraction of sp³-hybridized carbons (Fsp3) is 0.222. The van der Waals surface area contributed by atoms with E-state index in [4.69, 9.17) is 32.7 Å². The summed E-state index contributed by atoms with van der Waals surface area (Å²) in [7, 11) is 1.59. The molecule has 8 heteroatoms. The molecular weight excluding hydrogens is 397 g/mol. The first kappa shape index (κ1) is 20.4. The lowest BCUT2D eigenvalue weighted by Gasteiger charge is -2.15. The molecule has 0 aliphatic rings. The van der Waals surface area contributed by atoms with Gasteiger partial charge in [-0.3, -0.25) is 9.59 Å². The topological polar surface area (TPSA) is 64.6 Å². The maximum atomic E-state index is 12.2. The molecule has 2 rings (SSSR count). The number of hydrogen-bond donors (Lipinski definition) is 1. The largest absolute Gasteiger partial charge is 0.497 e. The summed E-state index contributed by atoms with van der Waals surface area (Å²) in [4.78, 5) is 25.0. The van der Waals surface area contributed by atoms with E-state index in [2.05, 4.69) is 5.32 Å². The fourth-order valence-electron chi connectivity index (χ4n) is 1.94. The van der Waals surface area contributed by atoms with Gasteiger partial charge in [-0.2, -0.15) is 0 Å². The van der Waals surface area contributed by atoms with Gasteiger partial charge in [0.2, 0.25) is 0 Å². The van der Waals surface area contributed by atoms with Crippen molar-refractivity contribution in [1.29, 1.82) is 0 Å². The summed E-state index contributed by atoms with van der Waals surface area (Å²) in [6.07, 6.45) is -0.980. The normalized spacial score (nSPS) is 11.5. The molecule has 0 aliphatic carbocycles. The Bertz CT molecular complexity index is 763. The van der Waals surface area contributed by atoms with E-state index in [0.717, 1.165) is 10.6 Å². The second-order valence-corrected chi connectivity index (χ2v) is 7.05. The summed E-state index contributed by atoms with van der Waals surface area (Å²) >= 11 is 13.3. The van der Waals surface area contributed by atoms with Crippen LogP contribution in [0.3, 0.4) is 0 Å². The minimum atomic E-state index is -0.980. The van der Waals surface area contributed by atoms with Crippen molar-refractivity contribution in [2.24, 2.45) is 0 Å². The van der Waals surface area contributed by atoms with Crippen molar-refractivity contribution in [1.82, 2.24) is 0 Å². The van der Waals surface area contributed by atoms with Crippen LogP contribution in [0.25, 0.3) is 0 Å². The number of para-hydroxylation sites is 1. The van der Waals surface area contributed by atoms with E-state index < -0.39 is 18.0 Å². The van der Waals surface area contributed by atoms with E-state index in [1.165, 1.54) is 18.7 Å². The highest BCUT2D eigenvalue weighted by atomic mass is 35.5. The SMILES string of the molecule is COc1ccc(SCC(=O)O[C@@H](C)C(=O)Nc2c(Cl)cccc2Cl)cc1. The minimum Gasteiger partial charge on any atom is -0.497 e. The monoisotopic (exact) mass is 413 g/mol. The van der Waals surface area contributed by atoms with Gasteiger partial charge in [-0.1, -0.05) is 29.3 Å². The van der Waals surface area contributed by atoms with E-state index in [1.54, 1.807) is 37.4 Å². The molecule has 0 saturated heterocycles. The Balaban J connectivity index is 1.84. The molecule has 0 saturated carbocycles. The van der Waals surface area contributed by atoms with Gasteiger partial charge in [-0.15, -0.1) is 11.8 Å². The van der Waals surface area contributed by atoms with E-state index in [-0.39, 0.29) is 11.4 Å². The Kier molecular flexibility index (Phi) is 7.63. The quantitative estimate of drug-likeness (QED) is 0.527. The van der Waals surface area contributed by atoms with Gasteiger partial charge in [0.05, 0.1) is 28.6 Å². The van der Waals surface area contributed by atoms with Gasteiger partial charge in [0.15, 0.2) is 6.10 Å². The highest BCUT2D eigenvalue weighted by molar-refractivity contribution is 8.00. The summed E-state index contributed by atoms with van der Waals surface area (Å²) in [5, 5.41) is 3.18. The third-order valence-corrected chi connectivity index (χ3v) is 4.92. The maximum absolute atomic E-state index is 12.2. The summed E-state index contributed by atoms with van der Waals surface area (Å²) < 4.78 is 10.2. The van der Waals surface area contributed by atoms with Crippen LogP contribution in [-0.4, -0.2) is 30.8 Å². The van der Waals surface area contributed by atoms with Crippen LogP contribution >= 0.6 is 35.0 Å². The highest BCUT2D eigenvalue weighted by Crippen LogP contribution is 2.30. The minimum absolute atomic E-state index is 0.0802. The van der Waals surface area contributed by atoms with Gasteiger partial charge < -0.3 is 14.8 Å². The van der Waals surface area contributed by atoms with E-state index in [1.807, 2.05) is 12.1 Å². The number of methoxy groups -OCH3 is 1. The number of amides is 1. The number of halogens is 2.